The van der Waals surface area contributed by atoms with Gasteiger partial charge in [0.1, 0.15) is 0 Å². The van der Waals surface area contributed by atoms with E-state index in [-0.39, 0.29) is 22.9 Å². The monoisotopic (exact) mass is 417 g/mol. The highest BCUT2D eigenvalue weighted by atomic mass is 19.3. The van der Waals surface area contributed by atoms with Gasteiger partial charge in [0, 0.05) is 47.1 Å². The molecule has 0 atom stereocenters. The SMILES string of the molecule is Cc1c(C(=O)Nc2cccc(C(C)(F)F)c2)cc(C(C)(C)C)n1C1CCC(N)CC1. The Morgan fingerprint density at radius 2 is 1.73 bits per heavy atom. The molecule has 1 saturated carbocycles. The second kappa shape index (κ2) is 8.14. The molecular weight excluding hydrogens is 384 g/mol. The van der Waals surface area contributed by atoms with E-state index in [1.165, 1.54) is 18.2 Å². The first-order chi connectivity index (χ1) is 13.9. The number of hydrogen-bond donors (Lipinski definition) is 2. The minimum Gasteiger partial charge on any atom is -0.345 e. The molecule has 3 rings (SSSR count). The molecule has 3 N–H and O–H groups in total. The van der Waals surface area contributed by atoms with Crippen molar-refractivity contribution in [2.75, 3.05) is 5.32 Å². The van der Waals surface area contributed by atoms with E-state index in [0.717, 1.165) is 44.0 Å². The van der Waals surface area contributed by atoms with E-state index in [9.17, 15) is 13.6 Å². The van der Waals surface area contributed by atoms with Gasteiger partial charge in [-0.1, -0.05) is 32.9 Å². The molecule has 164 valence electrons. The minimum absolute atomic E-state index is 0.122. The lowest BCUT2D eigenvalue weighted by Gasteiger charge is -2.33. The summed E-state index contributed by atoms with van der Waals surface area (Å²) in [6.07, 6.45) is 3.94. The lowest BCUT2D eigenvalue weighted by atomic mass is 9.88. The van der Waals surface area contributed by atoms with E-state index in [1.54, 1.807) is 6.07 Å². The van der Waals surface area contributed by atoms with Crippen LogP contribution in [-0.4, -0.2) is 16.5 Å². The summed E-state index contributed by atoms with van der Waals surface area (Å²) in [6.45, 7) is 9.24. The summed E-state index contributed by atoms with van der Waals surface area (Å²) in [5.74, 6) is -3.23. The van der Waals surface area contributed by atoms with Crippen molar-refractivity contribution in [2.45, 2.75) is 83.7 Å². The zero-order valence-corrected chi connectivity index (χ0v) is 18.6. The number of nitrogens with zero attached hydrogens (tertiary/aromatic N) is 1. The van der Waals surface area contributed by atoms with Crippen molar-refractivity contribution >= 4 is 11.6 Å². The Hall–Kier alpha value is -2.21. The number of halogens is 2. The predicted molar refractivity (Wildman–Crippen MR) is 117 cm³/mol. The molecule has 1 aliphatic carbocycles. The molecular formula is C24H33F2N3O. The number of alkyl halides is 2. The number of hydrogen-bond acceptors (Lipinski definition) is 2. The van der Waals surface area contributed by atoms with Crippen molar-refractivity contribution in [1.29, 1.82) is 0 Å². The van der Waals surface area contributed by atoms with Gasteiger partial charge >= 0.3 is 0 Å². The maximum absolute atomic E-state index is 13.7. The van der Waals surface area contributed by atoms with Crippen molar-refractivity contribution in [3.05, 3.63) is 52.8 Å². The van der Waals surface area contributed by atoms with E-state index >= 15 is 0 Å². The summed E-state index contributed by atoms with van der Waals surface area (Å²) >= 11 is 0. The van der Waals surface area contributed by atoms with Gasteiger partial charge in [0.15, 0.2) is 0 Å². The number of carbonyl (C=O) groups is 1. The number of carbonyl (C=O) groups excluding carboxylic acids is 1. The third-order valence-corrected chi connectivity index (χ3v) is 6.04. The molecule has 4 nitrogen and oxygen atoms in total. The molecule has 1 heterocycles. The summed E-state index contributed by atoms with van der Waals surface area (Å²) in [5.41, 5.74) is 8.82. The van der Waals surface area contributed by atoms with Gasteiger partial charge in [0.25, 0.3) is 11.8 Å². The number of anilines is 1. The van der Waals surface area contributed by atoms with E-state index in [2.05, 4.69) is 30.7 Å². The zero-order valence-electron chi connectivity index (χ0n) is 18.6. The van der Waals surface area contributed by atoms with Gasteiger partial charge in [-0.3, -0.25) is 4.79 Å². The van der Waals surface area contributed by atoms with E-state index in [0.29, 0.717) is 17.3 Å². The van der Waals surface area contributed by atoms with Crippen molar-refractivity contribution in [2.24, 2.45) is 5.73 Å². The van der Waals surface area contributed by atoms with Crippen LogP contribution in [-0.2, 0) is 11.3 Å². The number of aromatic nitrogens is 1. The summed E-state index contributed by atoms with van der Waals surface area (Å²) in [4.78, 5) is 13.1. The third-order valence-electron chi connectivity index (χ3n) is 6.04. The van der Waals surface area contributed by atoms with Crippen LogP contribution in [0.5, 0.6) is 0 Å². The molecule has 2 aromatic rings. The molecule has 6 heteroatoms. The molecule has 0 radical (unpaired) electrons. The average Bonchev–Trinajstić information content (AvgIpc) is 3.00. The Kier molecular flexibility index (Phi) is 6.10. The summed E-state index contributed by atoms with van der Waals surface area (Å²) in [5, 5.41) is 2.81. The third kappa shape index (κ3) is 4.75. The zero-order chi connectivity index (χ0) is 22.3. The van der Waals surface area contributed by atoms with Gasteiger partial charge in [-0.2, -0.15) is 0 Å². The normalized spacial score (nSPS) is 20.3. The summed E-state index contributed by atoms with van der Waals surface area (Å²) < 4.78 is 29.6. The first-order valence-corrected chi connectivity index (χ1v) is 10.7. The molecule has 30 heavy (non-hydrogen) atoms. The second-order valence-corrected chi connectivity index (χ2v) is 9.64. The van der Waals surface area contributed by atoms with Gasteiger partial charge in [0.05, 0.1) is 5.56 Å². The first kappa shape index (κ1) is 22.5. The Bertz CT molecular complexity index is 914. The highest BCUT2D eigenvalue weighted by Gasteiger charge is 2.30. The first-order valence-electron chi connectivity index (χ1n) is 10.7. The number of nitrogens with two attached hydrogens (primary N) is 1. The van der Waals surface area contributed by atoms with Gasteiger partial charge in [0.2, 0.25) is 0 Å². The van der Waals surface area contributed by atoms with Gasteiger partial charge in [-0.25, -0.2) is 8.78 Å². The van der Waals surface area contributed by atoms with Gasteiger partial charge < -0.3 is 15.6 Å². The number of amides is 1. The maximum Gasteiger partial charge on any atom is 0.270 e. The Morgan fingerprint density at radius 3 is 2.30 bits per heavy atom. The number of benzene rings is 1. The van der Waals surface area contributed by atoms with Crippen LogP contribution in [0.2, 0.25) is 0 Å². The molecule has 0 spiro atoms. The Labute approximate surface area is 177 Å². The fourth-order valence-corrected chi connectivity index (χ4v) is 4.33. The molecule has 1 fully saturated rings. The number of rotatable bonds is 4. The molecule has 0 bridgehead atoms. The standard InChI is InChI=1S/C24H33F2N3O/c1-15-20(22(30)28-18-8-6-7-16(13-18)24(5,25)26)14-21(23(2,3)4)29(15)19-11-9-17(27)10-12-19/h6-8,13-14,17,19H,9-12,27H2,1-5H3,(H,28,30). The highest BCUT2D eigenvalue weighted by molar-refractivity contribution is 6.05. The largest absolute Gasteiger partial charge is 0.345 e. The van der Waals surface area contributed by atoms with Crippen LogP contribution in [0.25, 0.3) is 0 Å². The van der Waals surface area contributed by atoms with Crippen LogP contribution >= 0.6 is 0 Å². The van der Waals surface area contributed by atoms with E-state index < -0.39 is 5.92 Å². The molecule has 1 aliphatic rings. The van der Waals surface area contributed by atoms with Crippen molar-refractivity contribution in [3.8, 4) is 0 Å². The molecule has 1 aromatic heterocycles. The molecule has 1 amide bonds. The van der Waals surface area contributed by atoms with E-state index in [1.807, 2.05) is 13.0 Å². The average molecular weight is 418 g/mol. The smallest absolute Gasteiger partial charge is 0.270 e. The van der Waals surface area contributed by atoms with Crippen molar-refractivity contribution < 1.29 is 13.6 Å². The van der Waals surface area contributed by atoms with Crippen LogP contribution in [0.3, 0.4) is 0 Å². The minimum atomic E-state index is -2.96. The van der Waals surface area contributed by atoms with Gasteiger partial charge in [-0.05, 0) is 50.8 Å². The lowest BCUT2D eigenvalue weighted by molar-refractivity contribution is 0.0175. The summed E-state index contributed by atoms with van der Waals surface area (Å²) in [6, 6.07) is 8.39. The number of nitrogens with one attached hydrogen (secondary N) is 1. The van der Waals surface area contributed by atoms with Crippen LogP contribution in [0.1, 0.15) is 86.7 Å². The predicted octanol–water partition coefficient (Wildman–Crippen LogP) is 5.90. The van der Waals surface area contributed by atoms with Crippen LogP contribution in [0.4, 0.5) is 14.5 Å². The summed E-state index contributed by atoms with van der Waals surface area (Å²) in [7, 11) is 0. The maximum atomic E-state index is 13.7. The molecule has 0 unspecified atom stereocenters. The van der Waals surface area contributed by atoms with E-state index in [4.69, 9.17) is 5.73 Å². The Morgan fingerprint density at radius 1 is 1.10 bits per heavy atom. The second-order valence-electron chi connectivity index (χ2n) is 9.64. The van der Waals surface area contributed by atoms with Gasteiger partial charge in [-0.15, -0.1) is 0 Å². The van der Waals surface area contributed by atoms with Crippen molar-refractivity contribution in [1.82, 2.24) is 4.57 Å². The molecule has 0 aliphatic heterocycles. The molecule has 0 saturated heterocycles. The lowest BCUT2D eigenvalue weighted by Crippen LogP contribution is -2.30. The Balaban J connectivity index is 1.93. The van der Waals surface area contributed by atoms with Crippen molar-refractivity contribution in [3.63, 3.8) is 0 Å². The fourth-order valence-electron chi connectivity index (χ4n) is 4.33. The van der Waals surface area contributed by atoms with Crippen LogP contribution in [0, 0.1) is 6.92 Å². The quantitative estimate of drug-likeness (QED) is 0.651. The topological polar surface area (TPSA) is 60.0 Å². The molecule has 1 aromatic carbocycles. The van der Waals surface area contributed by atoms with Crippen LogP contribution in [0.15, 0.2) is 30.3 Å². The highest BCUT2D eigenvalue weighted by Crippen LogP contribution is 2.37. The van der Waals surface area contributed by atoms with Crippen LogP contribution < -0.4 is 11.1 Å². The fraction of sp³-hybridized carbons (Fsp3) is 0.542.